The fraction of sp³-hybridized carbons (Fsp3) is 1.00. The van der Waals surface area contributed by atoms with Gasteiger partial charge in [-0.3, -0.25) is 4.90 Å². The van der Waals surface area contributed by atoms with Gasteiger partial charge in [0.25, 0.3) is 0 Å². The van der Waals surface area contributed by atoms with Crippen LogP contribution in [0.3, 0.4) is 0 Å². The molecule has 0 amide bonds. The summed E-state index contributed by atoms with van der Waals surface area (Å²) in [6.07, 6.45) is 2.50. The second kappa shape index (κ2) is 5.28. The average molecular weight is 214 g/mol. The molecule has 2 atom stereocenters. The second-order valence-electron chi connectivity index (χ2n) is 5.43. The molecule has 15 heavy (non-hydrogen) atoms. The Bertz CT molecular complexity index is 186. The van der Waals surface area contributed by atoms with Gasteiger partial charge < -0.3 is 10.4 Å². The number of likely N-dealkylation sites (N-methyl/N-ethyl adjacent to an activating group) is 1. The summed E-state index contributed by atoms with van der Waals surface area (Å²) in [6, 6.07) is 0.587. The quantitative estimate of drug-likeness (QED) is 0.735. The Hall–Kier alpha value is -0.120. The van der Waals surface area contributed by atoms with Crippen LogP contribution in [0.5, 0.6) is 0 Å². The van der Waals surface area contributed by atoms with Crippen molar-refractivity contribution in [3.05, 3.63) is 0 Å². The lowest BCUT2D eigenvalue weighted by molar-refractivity contribution is -0.0240. The van der Waals surface area contributed by atoms with Crippen LogP contribution in [0.2, 0.25) is 0 Å². The molecule has 2 N–H and O–H groups in total. The highest BCUT2D eigenvalue weighted by Crippen LogP contribution is 2.19. The number of nitrogens with zero attached hydrogens (tertiary/aromatic N) is 1. The molecule has 0 radical (unpaired) electrons. The monoisotopic (exact) mass is 214 g/mol. The van der Waals surface area contributed by atoms with Gasteiger partial charge in [-0.15, -0.1) is 0 Å². The van der Waals surface area contributed by atoms with Crippen LogP contribution in [-0.2, 0) is 0 Å². The molecule has 0 bridgehead atoms. The maximum absolute atomic E-state index is 10.2. The standard InChI is InChI=1S/C12H26N2O/c1-10(2)12(3,15)9-14(4)11-6-5-7-13-8-11/h10-11,13,15H,5-9H2,1-4H3. The average Bonchev–Trinajstić information content (AvgIpc) is 2.18. The van der Waals surface area contributed by atoms with Crippen LogP contribution in [0.25, 0.3) is 0 Å². The van der Waals surface area contributed by atoms with Gasteiger partial charge in [-0.05, 0) is 39.3 Å². The highest BCUT2D eigenvalue weighted by Gasteiger charge is 2.29. The number of hydrogen-bond donors (Lipinski definition) is 2. The smallest absolute Gasteiger partial charge is 0.0768 e. The van der Waals surface area contributed by atoms with Crippen molar-refractivity contribution in [2.45, 2.75) is 45.3 Å². The van der Waals surface area contributed by atoms with Gasteiger partial charge >= 0.3 is 0 Å². The van der Waals surface area contributed by atoms with Crippen LogP contribution in [0.1, 0.15) is 33.6 Å². The summed E-state index contributed by atoms with van der Waals surface area (Å²) >= 11 is 0. The minimum Gasteiger partial charge on any atom is -0.389 e. The Kier molecular flexibility index (Phi) is 4.56. The minimum absolute atomic E-state index is 0.302. The van der Waals surface area contributed by atoms with E-state index in [2.05, 4.69) is 31.1 Å². The fourth-order valence-electron chi connectivity index (χ4n) is 2.03. The molecule has 1 saturated heterocycles. The molecule has 0 aromatic heterocycles. The number of rotatable bonds is 4. The highest BCUT2D eigenvalue weighted by atomic mass is 16.3. The van der Waals surface area contributed by atoms with Gasteiger partial charge in [0.05, 0.1) is 5.60 Å². The maximum atomic E-state index is 10.2. The van der Waals surface area contributed by atoms with E-state index in [1.54, 1.807) is 0 Å². The normalized spacial score (nSPS) is 27.0. The Labute approximate surface area is 93.9 Å². The zero-order valence-corrected chi connectivity index (χ0v) is 10.6. The molecular weight excluding hydrogens is 188 g/mol. The SMILES string of the molecule is CC(C)C(C)(O)CN(C)C1CCCNC1. The Morgan fingerprint density at radius 1 is 1.53 bits per heavy atom. The van der Waals surface area contributed by atoms with E-state index in [9.17, 15) is 5.11 Å². The van der Waals surface area contributed by atoms with Gasteiger partial charge in [0.1, 0.15) is 0 Å². The van der Waals surface area contributed by atoms with Gasteiger partial charge in [-0.1, -0.05) is 13.8 Å². The van der Waals surface area contributed by atoms with E-state index in [0.29, 0.717) is 12.0 Å². The fourth-order valence-corrected chi connectivity index (χ4v) is 2.03. The molecule has 1 aliphatic rings. The molecule has 1 heterocycles. The molecule has 90 valence electrons. The largest absolute Gasteiger partial charge is 0.389 e. The van der Waals surface area contributed by atoms with Crippen LogP contribution in [0, 0.1) is 5.92 Å². The summed E-state index contributed by atoms with van der Waals surface area (Å²) < 4.78 is 0. The zero-order valence-electron chi connectivity index (χ0n) is 10.6. The van der Waals surface area contributed by atoms with Crippen molar-refractivity contribution in [2.75, 3.05) is 26.7 Å². The van der Waals surface area contributed by atoms with Gasteiger partial charge in [0, 0.05) is 19.1 Å². The van der Waals surface area contributed by atoms with Crippen LogP contribution >= 0.6 is 0 Å². The number of piperidine rings is 1. The third kappa shape index (κ3) is 3.74. The van der Waals surface area contributed by atoms with Gasteiger partial charge in [0.2, 0.25) is 0 Å². The predicted molar refractivity (Wildman–Crippen MR) is 64.0 cm³/mol. The van der Waals surface area contributed by atoms with Crippen LogP contribution < -0.4 is 5.32 Å². The van der Waals surface area contributed by atoms with Crippen molar-refractivity contribution in [3.63, 3.8) is 0 Å². The van der Waals surface area contributed by atoms with Crippen LogP contribution in [-0.4, -0.2) is 48.3 Å². The van der Waals surface area contributed by atoms with Gasteiger partial charge in [-0.25, -0.2) is 0 Å². The lowest BCUT2D eigenvalue weighted by atomic mass is 9.91. The minimum atomic E-state index is -0.577. The summed E-state index contributed by atoms with van der Waals surface area (Å²) in [6.45, 7) is 9.05. The van der Waals surface area contributed by atoms with E-state index in [1.165, 1.54) is 12.8 Å². The molecule has 0 spiro atoms. The second-order valence-corrected chi connectivity index (χ2v) is 5.43. The first-order valence-corrected chi connectivity index (χ1v) is 6.07. The summed E-state index contributed by atoms with van der Waals surface area (Å²) in [5.41, 5.74) is -0.577. The van der Waals surface area contributed by atoms with E-state index in [4.69, 9.17) is 0 Å². The molecule has 0 aliphatic carbocycles. The van der Waals surface area contributed by atoms with Crippen LogP contribution in [0.15, 0.2) is 0 Å². The molecule has 1 rings (SSSR count). The molecule has 0 aromatic rings. The lowest BCUT2D eigenvalue weighted by Crippen LogP contribution is -2.51. The van der Waals surface area contributed by atoms with Gasteiger partial charge in [0.15, 0.2) is 0 Å². The predicted octanol–water partition coefficient (Wildman–Crippen LogP) is 1.08. The van der Waals surface area contributed by atoms with Crippen molar-refractivity contribution in [1.29, 1.82) is 0 Å². The third-order valence-electron chi connectivity index (χ3n) is 3.71. The molecule has 3 heteroatoms. The Morgan fingerprint density at radius 2 is 2.20 bits per heavy atom. The van der Waals surface area contributed by atoms with Crippen molar-refractivity contribution in [2.24, 2.45) is 5.92 Å². The zero-order chi connectivity index (χ0) is 11.5. The molecule has 1 aliphatic heterocycles. The molecular formula is C12H26N2O. The first-order chi connectivity index (χ1) is 6.93. The summed E-state index contributed by atoms with van der Waals surface area (Å²) in [4.78, 5) is 2.30. The first-order valence-electron chi connectivity index (χ1n) is 6.07. The Balaban J connectivity index is 2.42. The van der Waals surface area contributed by atoms with Crippen molar-refractivity contribution in [3.8, 4) is 0 Å². The Morgan fingerprint density at radius 3 is 2.67 bits per heavy atom. The molecule has 3 nitrogen and oxygen atoms in total. The molecule has 0 saturated carbocycles. The van der Waals surface area contributed by atoms with Crippen molar-refractivity contribution < 1.29 is 5.11 Å². The van der Waals surface area contributed by atoms with E-state index >= 15 is 0 Å². The van der Waals surface area contributed by atoms with Crippen molar-refractivity contribution in [1.82, 2.24) is 10.2 Å². The molecule has 2 unspecified atom stereocenters. The van der Waals surface area contributed by atoms with E-state index in [0.717, 1.165) is 19.6 Å². The maximum Gasteiger partial charge on any atom is 0.0768 e. The topological polar surface area (TPSA) is 35.5 Å². The summed E-state index contributed by atoms with van der Waals surface area (Å²) in [5, 5.41) is 13.6. The summed E-state index contributed by atoms with van der Waals surface area (Å²) in [7, 11) is 2.12. The highest BCUT2D eigenvalue weighted by molar-refractivity contribution is 4.84. The molecule has 0 aromatic carbocycles. The van der Waals surface area contributed by atoms with E-state index in [1.807, 2.05) is 6.92 Å². The number of hydrogen-bond acceptors (Lipinski definition) is 3. The van der Waals surface area contributed by atoms with E-state index in [-0.39, 0.29) is 0 Å². The number of nitrogens with one attached hydrogen (secondary N) is 1. The van der Waals surface area contributed by atoms with Gasteiger partial charge in [-0.2, -0.15) is 0 Å². The number of aliphatic hydroxyl groups is 1. The van der Waals surface area contributed by atoms with Crippen LogP contribution in [0.4, 0.5) is 0 Å². The third-order valence-corrected chi connectivity index (χ3v) is 3.71. The van der Waals surface area contributed by atoms with Crippen molar-refractivity contribution >= 4 is 0 Å². The molecule has 1 fully saturated rings. The summed E-state index contributed by atoms with van der Waals surface area (Å²) in [5.74, 6) is 0.302. The van der Waals surface area contributed by atoms with E-state index < -0.39 is 5.60 Å². The first kappa shape index (κ1) is 12.9. The lowest BCUT2D eigenvalue weighted by Gasteiger charge is -2.38.